The number of nitrogens with two attached hydrogens (primary N) is 1. The molecule has 1 saturated heterocycles. The van der Waals surface area contributed by atoms with Gasteiger partial charge in [0, 0.05) is 6.04 Å². The van der Waals surface area contributed by atoms with Gasteiger partial charge in [0.2, 0.25) is 0 Å². The van der Waals surface area contributed by atoms with Crippen LogP contribution in [0.3, 0.4) is 0 Å². The van der Waals surface area contributed by atoms with Crippen LogP contribution in [0.4, 0.5) is 0 Å². The third-order valence-electron chi connectivity index (χ3n) is 2.61. The molecule has 0 saturated carbocycles. The molecule has 3 heteroatoms. The summed E-state index contributed by atoms with van der Waals surface area (Å²) >= 11 is 0. The van der Waals surface area contributed by atoms with Gasteiger partial charge in [0.05, 0.1) is 6.61 Å². The SMILES string of the molecule is NCCCCN1CCC[C@H]1CO. The van der Waals surface area contributed by atoms with E-state index in [1.165, 1.54) is 19.3 Å². The second-order valence-corrected chi connectivity index (χ2v) is 3.51. The topological polar surface area (TPSA) is 49.5 Å². The number of hydrogen-bond donors (Lipinski definition) is 2. The van der Waals surface area contributed by atoms with Gasteiger partial charge in [0.1, 0.15) is 0 Å². The van der Waals surface area contributed by atoms with Crippen LogP contribution in [0.5, 0.6) is 0 Å². The van der Waals surface area contributed by atoms with Crippen molar-refractivity contribution < 1.29 is 5.11 Å². The molecule has 1 heterocycles. The first kappa shape index (κ1) is 9.96. The zero-order valence-corrected chi connectivity index (χ0v) is 7.71. The summed E-state index contributed by atoms with van der Waals surface area (Å²) in [5.74, 6) is 0. The summed E-state index contributed by atoms with van der Waals surface area (Å²) < 4.78 is 0. The van der Waals surface area contributed by atoms with Gasteiger partial charge in [-0.2, -0.15) is 0 Å². The van der Waals surface area contributed by atoms with E-state index in [0.29, 0.717) is 12.6 Å². The van der Waals surface area contributed by atoms with Crippen LogP contribution in [0.25, 0.3) is 0 Å². The average molecular weight is 172 g/mol. The highest BCUT2D eigenvalue weighted by molar-refractivity contribution is 4.77. The van der Waals surface area contributed by atoms with E-state index in [4.69, 9.17) is 10.8 Å². The zero-order valence-electron chi connectivity index (χ0n) is 7.71. The van der Waals surface area contributed by atoms with E-state index in [1.807, 2.05) is 0 Å². The third-order valence-corrected chi connectivity index (χ3v) is 2.61. The van der Waals surface area contributed by atoms with Crippen LogP contribution < -0.4 is 5.73 Å². The second kappa shape index (κ2) is 5.51. The molecule has 1 atom stereocenters. The Labute approximate surface area is 74.5 Å². The maximum Gasteiger partial charge on any atom is 0.0586 e. The van der Waals surface area contributed by atoms with E-state index >= 15 is 0 Å². The lowest BCUT2D eigenvalue weighted by atomic mass is 10.2. The summed E-state index contributed by atoms with van der Waals surface area (Å²) in [6.45, 7) is 3.39. The van der Waals surface area contributed by atoms with Crippen LogP contribution in [0.1, 0.15) is 25.7 Å². The van der Waals surface area contributed by atoms with Crippen molar-refractivity contribution in [2.75, 3.05) is 26.2 Å². The van der Waals surface area contributed by atoms with Gasteiger partial charge in [-0.1, -0.05) is 0 Å². The maximum absolute atomic E-state index is 9.03. The van der Waals surface area contributed by atoms with Gasteiger partial charge >= 0.3 is 0 Å². The van der Waals surface area contributed by atoms with Gasteiger partial charge in [-0.05, 0) is 45.3 Å². The molecule has 0 spiro atoms. The molecule has 0 unspecified atom stereocenters. The monoisotopic (exact) mass is 172 g/mol. The third kappa shape index (κ3) is 2.73. The predicted octanol–water partition coefficient (Wildman–Crippen LogP) is 0.182. The number of rotatable bonds is 5. The quantitative estimate of drug-likeness (QED) is 0.582. The van der Waals surface area contributed by atoms with Crippen LogP contribution in [0.2, 0.25) is 0 Å². The van der Waals surface area contributed by atoms with Crippen LogP contribution in [0.15, 0.2) is 0 Å². The summed E-state index contributed by atoms with van der Waals surface area (Å²) in [5, 5.41) is 9.03. The number of unbranched alkanes of at least 4 members (excludes halogenated alkanes) is 1. The summed E-state index contributed by atoms with van der Waals surface area (Å²) in [6, 6.07) is 0.433. The Hall–Kier alpha value is -0.120. The number of aliphatic hydroxyl groups excluding tert-OH is 1. The molecule has 1 rings (SSSR count). The second-order valence-electron chi connectivity index (χ2n) is 3.51. The molecule has 0 aromatic rings. The lowest BCUT2D eigenvalue weighted by Gasteiger charge is -2.22. The smallest absolute Gasteiger partial charge is 0.0586 e. The van der Waals surface area contributed by atoms with Gasteiger partial charge in [0.15, 0.2) is 0 Å². The van der Waals surface area contributed by atoms with E-state index in [-0.39, 0.29) is 0 Å². The lowest BCUT2D eigenvalue weighted by molar-refractivity contribution is 0.157. The first-order chi connectivity index (χ1) is 5.88. The fourth-order valence-electron chi connectivity index (χ4n) is 1.86. The van der Waals surface area contributed by atoms with Crippen molar-refractivity contribution in [2.24, 2.45) is 5.73 Å². The normalized spacial score (nSPS) is 25.0. The van der Waals surface area contributed by atoms with E-state index in [1.54, 1.807) is 0 Å². The standard InChI is InChI=1S/C9H20N2O/c10-5-1-2-6-11-7-3-4-9(11)8-12/h9,12H,1-8,10H2/t9-/m0/s1. The van der Waals surface area contributed by atoms with Crippen LogP contribution in [-0.2, 0) is 0 Å². The zero-order chi connectivity index (χ0) is 8.81. The molecular formula is C9H20N2O. The largest absolute Gasteiger partial charge is 0.395 e. The Morgan fingerprint density at radius 1 is 1.42 bits per heavy atom. The van der Waals surface area contributed by atoms with Gasteiger partial charge in [0.25, 0.3) is 0 Å². The molecule has 3 nitrogen and oxygen atoms in total. The van der Waals surface area contributed by atoms with Crippen molar-refractivity contribution in [2.45, 2.75) is 31.7 Å². The molecule has 3 N–H and O–H groups in total. The van der Waals surface area contributed by atoms with Gasteiger partial charge in [-0.25, -0.2) is 0 Å². The number of hydrogen-bond acceptors (Lipinski definition) is 3. The van der Waals surface area contributed by atoms with Crippen molar-refractivity contribution in [3.63, 3.8) is 0 Å². The van der Waals surface area contributed by atoms with Crippen LogP contribution in [0, 0.1) is 0 Å². The molecule has 1 aliphatic heterocycles. The lowest BCUT2D eigenvalue weighted by Crippen LogP contribution is -2.33. The first-order valence-electron chi connectivity index (χ1n) is 4.93. The Morgan fingerprint density at radius 2 is 2.25 bits per heavy atom. The Bertz CT molecular complexity index is 119. The van der Waals surface area contributed by atoms with E-state index in [9.17, 15) is 0 Å². The van der Waals surface area contributed by atoms with Crippen molar-refractivity contribution in [1.29, 1.82) is 0 Å². The number of aliphatic hydroxyl groups is 1. The molecule has 0 bridgehead atoms. The van der Waals surface area contributed by atoms with Crippen molar-refractivity contribution in [3.05, 3.63) is 0 Å². The first-order valence-corrected chi connectivity index (χ1v) is 4.93. The highest BCUT2D eigenvalue weighted by Crippen LogP contribution is 2.16. The summed E-state index contributed by atoms with van der Waals surface area (Å²) in [7, 11) is 0. The minimum absolute atomic E-state index is 0.322. The maximum atomic E-state index is 9.03. The highest BCUT2D eigenvalue weighted by atomic mass is 16.3. The molecule has 0 radical (unpaired) electrons. The highest BCUT2D eigenvalue weighted by Gasteiger charge is 2.22. The Kier molecular flexibility index (Phi) is 4.58. The molecule has 0 aromatic carbocycles. The molecule has 12 heavy (non-hydrogen) atoms. The molecular weight excluding hydrogens is 152 g/mol. The summed E-state index contributed by atoms with van der Waals surface area (Å²) in [4.78, 5) is 2.38. The van der Waals surface area contributed by atoms with Crippen molar-refractivity contribution in [1.82, 2.24) is 4.90 Å². The predicted molar refractivity (Wildman–Crippen MR) is 50.0 cm³/mol. The van der Waals surface area contributed by atoms with Crippen molar-refractivity contribution >= 4 is 0 Å². The molecule has 72 valence electrons. The van der Waals surface area contributed by atoms with Gasteiger partial charge in [-0.3, -0.25) is 4.90 Å². The van der Waals surface area contributed by atoms with Gasteiger partial charge < -0.3 is 10.8 Å². The average Bonchev–Trinajstić information content (AvgIpc) is 2.52. The van der Waals surface area contributed by atoms with Crippen LogP contribution in [-0.4, -0.2) is 42.3 Å². The minimum atomic E-state index is 0.322. The van der Waals surface area contributed by atoms with E-state index < -0.39 is 0 Å². The molecule has 0 aromatic heterocycles. The Morgan fingerprint density at radius 3 is 2.92 bits per heavy atom. The number of nitrogens with zero attached hydrogens (tertiary/aromatic N) is 1. The fraction of sp³-hybridized carbons (Fsp3) is 1.00. The molecule has 0 aliphatic carbocycles. The van der Waals surface area contributed by atoms with Gasteiger partial charge in [-0.15, -0.1) is 0 Å². The fourth-order valence-corrected chi connectivity index (χ4v) is 1.86. The Balaban J connectivity index is 2.12. The molecule has 0 amide bonds. The van der Waals surface area contributed by atoms with E-state index in [2.05, 4.69) is 4.90 Å². The minimum Gasteiger partial charge on any atom is -0.395 e. The number of likely N-dealkylation sites (tertiary alicyclic amines) is 1. The van der Waals surface area contributed by atoms with Crippen molar-refractivity contribution in [3.8, 4) is 0 Å². The molecule has 1 aliphatic rings. The van der Waals surface area contributed by atoms with Crippen LogP contribution >= 0.6 is 0 Å². The van der Waals surface area contributed by atoms with E-state index in [0.717, 1.165) is 26.1 Å². The summed E-state index contributed by atoms with van der Waals surface area (Å²) in [6.07, 6.45) is 4.69. The molecule has 1 fully saturated rings. The summed E-state index contributed by atoms with van der Waals surface area (Å²) in [5.41, 5.74) is 5.41.